The molecule has 1 nitrogen and oxygen atoms in total. The fourth-order valence-electron chi connectivity index (χ4n) is 3.30. The van der Waals surface area contributed by atoms with E-state index in [1.165, 1.54) is 89.9 Å². The largest absolute Gasteiger partial charge is 0.261 e. The van der Waals surface area contributed by atoms with E-state index in [0.717, 1.165) is 11.3 Å². The van der Waals surface area contributed by atoms with Crippen LogP contribution in [0.1, 0.15) is 89.9 Å². The third-order valence-corrected chi connectivity index (χ3v) is 5.83. The van der Waals surface area contributed by atoms with Crippen molar-refractivity contribution in [2.45, 2.75) is 101 Å². The summed E-state index contributed by atoms with van der Waals surface area (Å²) in [6.45, 7) is 0. The molecule has 0 radical (unpaired) electrons. The Morgan fingerprint density at radius 3 is 1.56 bits per heavy atom. The van der Waals surface area contributed by atoms with Gasteiger partial charge in [-0.2, -0.15) is 0 Å². The van der Waals surface area contributed by atoms with Gasteiger partial charge in [0.25, 0.3) is 0 Å². The van der Waals surface area contributed by atoms with Crippen LogP contribution < -0.4 is 4.72 Å². The zero-order valence-corrected chi connectivity index (χ0v) is 12.8. The minimum Gasteiger partial charge on any atom is -0.261 e. The topological polar surface area (TPSA) is 12.0 Å². The van der Waals surface area contributed by atoms with Gasteiger partial charge in [-0.25, -0.2) is 0 Å². The Kier molecular flexibility index (Phi) is 7.56. The first-order valence-corrected chi connectivity index (χ1v) is 9.24. The van der Waals surface area contributed by atoms with Crippen LogP contribution in [-0.2, 0) is 0 Å². The van der Waals surface area contributed by atoms with Crippen molar-refractivity contribution in [3.63, 3.8) is 0 Å². The molecule has 2 rings (SSSR count). The summed E-state index contributed by atoms with van der Waals surface area (Å²) in [5.74, 6) is 0. The molecule has 2 aliphatic carbocycles. The van der Waals surface area contributed by atoms with Crippen LogP contribution in [0.25, 0.3) is 0 Å². The monoisotopic (exact) mass is 269 g/mol. The molecule has 0 amide bonds. The number of nitrogens with one attached hydrogen (secondary N) is 1. The van der Waals surface area contributed by atoms with Gasteiger partial charge in [-0.15, -0.1) is 0 Å². The van der Waals surface area contributed by atoms with Gasteiger partial charge in [-0.1, -0.05) is 76.2 Å². The Balaban J connectivity index is 1.64. The molecule has 2 heteroatoms. The van der Waals surface area contributed by atoms with Crippen molar-refractivity contribution >= 4 is 11.9 Å². The second-order valence-electron chi connectivity index (χ2n) is 6.24. The first kappa shape index (κ1) is 14.7. The predicted molar refractivity (Wildman–Crippen MR) is 82.9 cm³/mol. The SMILES string of the molecule is C1CCCC(NSC2CCCCCCC2)CCC1. The molecule has 2 aliphatic rings. The van der Waals surface area contributed by atoms with Crippen molar-refractivity contribution in [1.29, 1.82) is 0 Å². The van der Waals surface area contributed by atoms with E-state index in [-0.39, 0.29) is 0 Å². The lowest BCUT2D eigenvalue weighted by molar-refractivity contribution is 0.435. The van der Waals surface area contributed by atoms with Crippen LogP contribution in [0.15, 0.2) is 0 Å². The van der Waals surface area contributed by atoms with Crippen LogP contribution >= 0.6 is 11.9 Å². The lowest BCUT2D eigenvalue weighted by Gasteiger charge is -2.25. The van der Waals surface area contributed by atoms with Crippen molar-refractivity contribution in [1.82, 2.24) is 4.72 Å². The Morgan fingerprint density at radius 2 is 1.00 bits per heavy atom. The first-order chi connectivity index (χ1) is 8.95. The van der Waals surface area contributed by atoms with Crippen molar-refractivity contribution in [3.05, 3.63) is 0 Å². The maximum Gasteiger partial charge on any atom is 0.0193 e. The minimum absolute atomic E-state index is 0.806. The smallest absolute Gasteiger partial charge is 0.0193 e. The van der Waals surface area contributed by atoms with Crippen LogP contribution in [0.5, 0.6) is 0 Å². The Labute approximate surface area is 118 Å². The Hall–Kier alpha value is 0.310. The van der Waals surface area contributed by atoms with Crippen LogP contribution in [0.4, 0.5) is 0 Å². The van der Waals surface area contributed by atoms with E-state index >= 15 is 0 Å². The summed E-state index contributed by atoms with van der Waals surface area (Å²) in [5.41, 5.74) is 0. The van der Waals surface area contributed by atoms with E-state index in [4.69, 9.17) is 0 Å². The summed E-state index contributed by atoms with van der Waals surface area (Å²) in [6, 6.07) is 0.806. The van der Waals surface area contributed by atoms with E-state index in [9.17, 15) is 0 Å². The van der Waals surface area contributed by atoms with Crippen LogP contribution in [0, 0.1) is 0 Å². The first-order valence-electron chi connectivity index (χ1n) is 8.36. The van der Waals surface area contributed by atoms with Gasteiger partial charge in [-0.05, 0) is 25.7 Å². The fourth-order valence-corrected chi connectivity index (χ4v) is 4.49. The lowest BCUT2D eigenvalue weighted by Crippen LogP contribution is -2.26. The zero-order valence-electron chi connectivity index (χ0n) is 12.0. The van der Waals surface area contributed by atoms with Crippen LogP contribution in [0.2, 0.25) is 0 Å². The molecular weight excluding hydrogens is 238 g/mol. The molecule has 2 saturated carbocycles. The van der Waals surface area contributed by atoms with Crippen molar-refractivity contribution in [3.8, 4) is 0 Å². The van der Waals surface area contributed by atoms with Gasteiger partial charge in [-0.3, -0.25) is 4.72 Å². The van der Waals surface area contributed by atoms with Crippen molar-refractivity contribution < 1.29 is 0 Å². The second-order valence-corrected chi connectivity index (χ2v) is 7.38. The molecule has 0 aliphatic heterocycles. The molecule has 2 fully saturated rings. The average molecular weight is 269 g/mol. The Bertz CT molecular complexity index is 169. The molecule has 0 atom stereocenters. The van der Waals surface area contributed by atoms with E-state index in [2.05, 4.69) is 16.7 Å². The van der Waals surface area contributed by atoms with Gasteiger partial charge in [0.1, 0.15) is 0 Å². The van der Waals surface area contributed by atoms with E-state index in [1.54, 1.807) is 0 Å². The molecule has 0 saturated heterocycles. The van der Waals surface area contributed by atoms with E-state index in [0.29, 0.717) is 0 Å². The fraction of sp³-hybridized carbons (Fsp3) is 1.00. The van der Waals surface area contributed by atoms with E-state index < -0.39 is 0 Å². The highest BCUT2D eigenvalue weighted by Gasteiger charge is 2.15. The summed E-state index contributed by atoms with van der Waals surface area (Å²) in [4.78, 5) is 0. The van der Waals surface area contributed by atoms with Crippen molar-refractivity contribution in [2.24, 2.45) is 0 Å². The molecule has 106 valence electrons. The number of hydrogen-bond donors (Lipinski definition) is 1. The van der Waals surface area contributed by atoms with Crippen LogP contribution in [-0.4, -0.2) is 11.3 Å². The molecule has 0 heterocycles. The third-order valence-electron chi connectivity index (χ3n) is 4.56. The summed E-state index contributed by atoms with van der Waals surface area (Å²) in [5, 5.41) is 0.899. The van der Waals surface area contributed by atoms with Gasteiger partial charge >= 0.3 is 0 Å². The molecule has 0 bridgehead atoms. The number of hydrogen-bond acceptors (Lipinski definition) is 2. The molecule has 1 N–H and O–H groups in total. The third kappa shape index (κ3) is 5.97. The quantitative estimate of drug-likeness (QED) is 0.684. The lowest BCUT2D eigenvalue weighted by atomic mass is 9.97. The average Bonchev–Trinajstić information content (AvgIpc) is 2.29. The predicted octanol–water partition coefficient (Wildman–Crippen LogP) is 5.45. The molecule has 0 unspecified atom stereocenters. The highest BCUT2D eigenvalue weighted by molar-refractivity contribution is 7.98. The molecule has 0 aromatic carbocycles. The minimum atomic E-state index is 0.806. The zero-order chi connectivity index (χ0) is 12.5. The van der Waals surface area contributed by atoms with Gasteiger partial charge in [0, 0.05) is 11.3 Å². The van der Waals surface area contributed by atoms with Crippen molar-refractivity contribution in [2.75, 3.05) is 0 Å². The highest BCUT2D eigenvalue weighted by Crippen LogP contribution is 2.27. The Morgan fingerprint density at radius 1 is 0.556 bits per heavy atom. The standard InChI is InChI=1S/C16H31NS/c1-3-7-11-15(12-8-4-1)17-18-16-13-9-5-2-6-10-14-16/h15-17H,1-14H2. The summed E-state index contributed by atoms with van der Waals surface area (Å²) >= 11 is 2.09. The molecular formula is C16H31NS. The second kappa shape index (κ2) is 9.25. The maximum absolute atomic E-state index is 3.82. The molecule has 18 heavy (non-hydrogen) atoms. The maximum atomic E-state index is 3.82. The molecule has 0 aromatic rings. The van der Waals surface area contributed by atoms with Gasteiger partial charge in [0.15, 0.2) is 0 Å². The van der Waals surface area contributed by atoms with Gasteiger partial charge in [0.05, 0.1) is 0 Å². The van der Waals surface area contributed by atoms with Gasteiger partial charge in [0.2, 0.25) is 0 Å². The normalized spacial score (nSPS) is 26.0. The summed E-state index contributed by atoms with van der Waals surface area (Å²) in [7, 11) is 0. The van der Waals surface area contributed by atoms with Gasteiger partial charge < -0.3 is 0 Å². The highest BCUT2D eigenvalue weighted by atomic mass is 32.2. The molecule has 0 aromatic heterocycles. The van der Waals surface area contributed by atoms with Crippen LogP contribution in [0.3, 0.4) is 0 Å². The summed E-state index contributed by atoms with van der Waals surface area (Å²) < 4.78 is 3.82. The van der Waals surface area contributed by atoms with E-state index in [1.807, 2.05) is 0 Å². The number of rotatable bonds is 3. The molecule has 0 spiro atoms. The summed E-state index contributed by atoms with van der Waals surface area (Å²) in [6.07, 6.45) is 20.4.